The van der Waals surface area contributed by atoms with Crippen LogP contribution in [0.25, 0.3) is 0 Å². The number of hydrogen-bond acceptors (Lipinski definition) is 3. The van der Waals surface area contributed by atoms with E-state index in [2.05, 4.69) is 5.32 Å². The molecule has 2 aliphatic rings. The lowest BCUT2D eigenvalue weighted by molar-refractivity contribution is -0.0530. The van der Waals surface area contributed by atoms with Gasteiger partial charge in [0.2, 0.25) is 0 Å². The van der Waals surface area contributed by atoms with Crippen molar-refractivity contribution in [3.8, 4) is 0 Å². The largest absolute Gasteiger partial charge is 0.390 e. The van der Waals surface area contributed by atoms with Gasteiger partial charge in [-0.3, -0.25) is 0 Å². The second-order valence-electron chi connectivity index (χ2n) is 4.18. The predicted octanol–water partition coefficient (Wildman–Crippen LogP) is 0.538. The van der Waals surface area contributed by atoms with E-state index >= 15 is 0 Å². The van der Waals surface area contributed by atoms with Crippen LogP contribution in [0.5, 0.6) is 0 Å². The van der Waals surface area contributed by atoms with Crippen LogP contribution in [-0.2, 0) is 0 Å². The minimum absolute atomic E-state index is 0.110. The SMILES string of the molecule is OC1CNC2(CC2)C(C(F)=C(F)F)C1O. The van der Waals surface area contributed by atoms with Crippen molar-refractivity contribution < 1.29 is 23.4 Å². The van der Waals surface area contributed by atoms with Gasteiger partial charge in [-0.1, -0.05) is 0 Å². The van der Waals surface area contributed by atoms with E-state index in [1.807, 2.05) is 0 Å². The summed E-state index contributed by atoms with van der Waals surface area (Å²) in [6.45, 7) is 0.110. The molecule has 0 aromatic carbocycles. The fraction of sp³-hybridized carbons (Fsp3) is 0.778. The van der Waals surface area contributed by atoms with Gasteiger partial charge in [-0.15, -0.1) is 0 Å². The van der Waals surface area contributed by atoms with Crippen LogP contribution in [0, 0.1) is 5.92 Å². The van der Waals surface area contributed by atoms with Crippen LogP contribution in [0.4, 0.5) is 13.2 Å². The van der Waals surface area contributed by atoms with Gasteiger partial charge in [0.05, 0.1) is 18.1 Å². The minimum Gasteiger partial charge on any atom is -0.390 e. The van der Waals surface area contributed by atoms with Crippen molar-refractivity contribution in [1.29, 1.82) is 0 Å². The lowest BCUT2D eigenvalue weighted by Crippen LogP contribution is -2.58. The summed E-state index contributed by atoms with van der Waals surface area (Å²) >= 11 is 0. The Labute approximate surface area is 84.6 Å². The predicted molar refractivity (Wildman–Crippen MR) is 45.8 cm³/mol. The summed E-state index contributed by atoms with van der Waals surface area (Å²) in [7, 11) is 0. The molecule has 15 heavy (non-hydrogen) atoms. The summed E-state index contributed by atoms with van der Waals surface area (Å²) in [5, 5.41) is 21.6. The molecule has 1 aliphatic heterocycles. The number of rotatable bonds is 1. The van der Waals surface area contributed by atoms with Crippen LogP contribution in [0.1, 0.15) is 12.8 Å². The number of β-amino-alcohol motifs (C(OH)–C–C–N with tert-alkyl or cyclic N) is 1. The van der Waals surface area contributed by atoms with Crippen LogP contribution in [-0.4, -0.2) is 34.5 Å². The zero-order valence-corrected chi connectivity index (χ0v) is 7.88. The highest BCUT2D eigenvalue weighted by molar-refractivity contribution is 5.22. The Morgan fingerprint density at radius 1 is 1.20 bits per heavy atom. The van der Waals surface area contributed by atoms with Crippen molar-refractivity contribution in [3.63, 3.8) is 0 Å². The van der Waals surface area contributed by atoms with Gasteiger partial charge in [0, 0.05) is 12.1 Å². The van der Waals surface area contributed by atoms with Crippen LogP contribution in [0.2, 0.25) is 0 Å². The zero-order valence-electron chi connectivity index (χ0n) is 7.88. The third-order valence-corrected chi connectivity index (χ3v) is 3.24. The molecule has 1 saturated carbocycles. The van der Waals surface area contributed by atoms with E-state index in [-0.39, 0.29) is 6.54 Å². The maximum absolute atomic E-state index is 13.2. The second kappa shape index (κ2) is 3.47. The molecule has 1 spiro atoms. The van der Waals surface area contributed by atoms with E-state index in [0.29, 0.717) is 12.8 Å². The van der Waals surface area contributed by atoms with E-state index in [0.717, 1.165) is 0 Å². The number of hydrogen-bond donors (Lipinski definition) is 3. The molecule has 3 nitrogen and oxygen atoms in total. The van der Waals surface area contributed by atoms with Crippen molar-refractivity contribution in [3.05, 3.63) is 11.9 Å². The van der Waals surface area contributed by atoms with Crippen LogP contribution >= 0.6 is 0 Å². The third-order valence-electron chi connectivity index (χ3n) is 3.24. The molecule has 0 bridgehead atoms. The van der Waals surface area contributed by atoms with Crippen molar-refractivity contribution in [2.24, 2.45) is 5.92 Å². The highest BCUT2D eigenvalue weighted by Gasteiger charge is 2.58. The lowest BCUT2D eigenvalue weighted by atomic mass is 9.83. The molecule has 0 radical (unpaired) electrons. The molecule has 1 aliphatic carbocycles. The molecule has 2 fully saturated rings. The first kappa shape index (κ1) is 10.9. The number of aliphatic hydroxyl groups is 2. The Balaban J connectivity index is 2.28. The minimum atomic E-state index is -2.42. The topological polar surface area (TPSA) is 52.5 Å². The first-order valence-electron chi connectivity index (χ1n) is 4.80. The van der Waals surface area contributed by atoms with Gasteiger partial charge in [-0.2, -0.15) is 8.78 Å². The van der Waals surface area contributed by atoms with E-state index in [4.69, 9.17) is 0 Å². The Morgan fingerprint density at radius 3 is 2.27 bits per heavy atom. The molecule has 2 rings (SSSR count). The van der Waals surface area contributed by atoms with Crippen molar-refractivity contribution in [2.45, 2.75) is 30.6 Å². The molecule has 3 unspecified atom stereocenters. The van der Waals surface area contributed by atoms with E-state index in [1.54, 1.807) is 0 Å². The monoisotopic (exact) mass is 223 g/mol. The van der Waals surface area contributed by atoms with E-state index in [1.165, 1.54) is 0 Å². The molecule has 86 valence electrons. The van der Waals surface area contributed by atoms with Crippen LogP contribution in [0.3, 0.4) is 0 Å². The third kappa shape index (κ3) is 1.66. The average Bonchev–Trinajstić information content (AvgIpc) is 2.93. The molecular formula is C9H12F3NO2. The van der Waals surface area contributed by atoms with E-state index < -0.39 is 35.6 Å². The average molecular weight is 223 g/mol. The Bertz CT molecular complexity index is 300. The number of aliphatic hydroxyl groups excluding tert-OH is 2. The van der Waals surface area contributed by atoms with Gasteiger partial charge in [0.15, 0.2) is 5.83 Å². The number of nitrogens with one attached hydrogen (secondary N) is 1. The summed E-state index contributed by atoms with van der Waals surface area (Å²) in [6, 6.07) is 0. The summed E-state index contributed by atoms with van der Waals surface area (Å²) < 4.78 is 37.5. The highest BCUT2D eigenvalue weighted by atomic mass is 19.3. The number of piperidine rings is 1. The molecule has 6 heteroatoms. The van der Waals surface area contributed by atoms with Crippen LogP contribution < -0.4 is 5.32 Å². The Hall–Kier alpha value is -0.590. The first-order valence-corrected chi connectivity index (χ1v) is 4.80. The maximum atomic E-state index is 13.2. The molecule has 3 N–H and O–H groups in total. The second-order valence-corrected chi connectivity index (χ2v) is 4.18. The van der Waals surface area contributed by atoms with Gasteiger partial charge in [0.25, 0.3) is 0 Å². The Kier molecular flexibility index (Phi) is 2.52. The van der Waals surface area contributed by atoms with Gasteiger partial charge in [0.1, 0.15) is 0 Å². The van der Waals surface area contributed by atoms with Gasteiger partial charge in [-0.05, 0) is 12.8 Å². The molecule has 0 amide bonds. The van der Waals surface area contributed by atoms with Crippen molar-refractivity contribution in [1.82, 2.24) is 5.32 Å². The summed E-state index contributed by atoms with van der Waals surface area (Å²) in [5.74, 6) is -2.93. The molecular weight excluding hydrogens is 211 g/mol. The standard InChI is InChI=1S/C9H12F3NO2/c10-6(8(11)12)5-7(15)4(14)3-13-9(5)1-2-9/h4-5,7,13-15H,1-3H2. The molecule has 0 aromatic rings. The number of halogens is 3. The van der Waals surface area contributed by atoms with Crippen molar-refractivity contribution in [2.75, 3.05) is 6.54 Å². The zero-order chi connectivity index (χ0) is 11.2. The quantitative estimate of drug-likeness (QED) is 0.608. The molecule has 0 aromatic heterocycles. The first-order chi connectivity index (χ1) is 6.98. The molecule has 1 heterocycles. The molecule has 3 atom stereocenters. The normalized spacial score (nSPS) is 37.8. The highest BCUT2D eigenvalue weighted by Crippen LogP contribution is 2.50. The fourth-order valence-corrected chi connectivity index (χ4v) is 2.22. The Morgan fingerprint density at radius 2 is 1.80 bits per heavy atom. The smallest absolute Gasteiger partial charge is 0.301 e. The summed E-state index contributed by atoms with van der Waals surface area (Å²) in [6.07, 6.45) is -3.99. The molecule has 1 saturated heterocycles. The summed E-state index contributed by atoms with van der Waals surface area (Å²) in [5.41, 5.74) is -0.772. The van der Waals surface area contributed by atoms with Gasteiger partial charge >= 0.3 is 6.08 Å². The fourth-order valence-electron chi connectivity index (χ4n) is 2.22. The summed E-state index contributed by atoms with van der Waals surface area (Å²) in [4.78, 5) is 0. The van der Waals surface area contributed by atoms with Crippen molar-refractivity contribution >= 4 is 0 Å². The maximum Gasteiger partial charge on any atom is 0.301 e. The lowest BCUT2D eigenvalue weighted by Gasteiger charge is -2.38. The van der Waals surface area contributed by atoms with Gasteiger partial charge < -0.3 is 15.5 Å². The van der Waals surface area contributed by atoms with Gasteiger partial charge in [-0.25, -0.2) is 4.39 Å². The van der Waals surface area contributed by atoms with Crippen LogP contribution in [0.15, 0.2) is 11.9 Å². The van der Waals surface area contributed by atoms with E-state index in [9.17, 15) is 23.4 Å².